The Hall–Kier alpha value is -3.11. The van der Waals surface area contributed by atoms with Gasteiger partial charge in [-0.15, -0.1) is 0 Å². The van der Waals surface area contributed by atoms with E-state index in [9.17, 15) is 14.9 Å². The van der Waals surface area contributed by atoms with Gasteiger partial charge in [0.25, 0.3) is 5.91 Å². The van der Waals surface area contributed by atoms with Gasteiger partial charge in [-0.2, -0.15) is 5.26 Å². The number of ether oxygens (including phenoxy) is 1. The first-order valence-corrected chi connectivity index (χ1v) is 8.74. The van der Waals surface area contributed by atoms with Crippen LogP contribution in [0.3, 0.4) is 0 Å². The maximum absolute atomic E-state index is 12.4. The Labute approximate surface area is 165 Å². The number of carboxylic acids is 1. The van der Waals surface area contributed by atoms with Crippen molar-refractivity contribution in [3.05, 3.63) is 63.1 Å². The molecule has 1 amide bonds. The van der Waals surface area contributed by atoms with E-state index in [1.54, 1.807) is 24.3 Å². The fourth-order valence-electron chi connectivity index (χ4n) is 2.32. The number of carbonyl (C=O) groups excluding carboxylic acids is 1. The summed E-state index contributed by atoms with van der Waals surface area (Å²) in [5, 5.41) is 20.7. The first-order valence-electron chi connectivity index (χ1n) is 7.94. The minimum atomic E-state index is -1.08. The van der Waals surface area contributed by atoms with E-state index >= 15 is 0 Å². The van der Waals surface area contributed by atoms with Gasteiger partial charge in [0, 0.05) is 5.69 Å². The van der Waals surface area contributed by atoms with E-state index < -0.39 is 18.5 Å². The van der Waals surface area contributed by atoms with Crippen molar-refractivity contribution < 1.29 is 19.4 Å². The topological polar surface area (TPSA) is 99.4 Å². The molecule has 0 aliphatic rings. The highest BCUT2D eigenvalue weighted by Gasteiger charge is 2.12. The van der Waals surface area contributed by atoms with Gasteiger partial charge >= 0.3 is 5.97 Å². The van der Waals surface area contributed by atoms with Gasteiger partial charge in [-0.05, 0) is 65.2 Å². The van der Waals surface area contributed by atoms with Crippen LogP contribution in [0, 0.1) is 25.2 Å². The van der Waals surface area contributed by atoms with Gasteiger partial charge in [0.15, 0.2) is 6.61 Å². The minimum absolute atomic E-state index is 0.0546. The summed E-state index contributed by atoms with van der Waals surface area (Å²) >= 11 is 3.29. The monoisotopic (exact) mass is 428 g/mol. The van der Waals surface area contributed by atoms with Gasteiger partial charge in [-0.3, -0.25) is 4.79 Å². The Kier molecular flexibility index (Phi) is 6.74. The Morgan fingerprint density at radius 3 is 2.59 bits per heavy atom. The van der Waals surface area contributed by atoms with Gasteiger partial charge in [0.1, 0.15) is 17.4 Å². The molecule has 0 unspecified atom stereocenters. The molecule has 0 aromatic heterocycles. The van der Waals surface area contributed by atoms with Crippen molar-refractivity contribution in [2.75, 3.05) is 11.9 Å². The molecule has 7 heteroatoms. The van der Waals surface area contributed by atoms with Crippen molar-refractivity contribution in [3.8, 4) is 11.8 Å². The number of hydrogen-bond acceptors (Lipinski definition) is 4. The molecule has 0 spiro atoms. The maximum atomic E-state index is 12.4. The highest BCUT2D eigenvalue weighted by molar-refractivity contribution is 9.10. The number of nitrogens with zero attached hydrogens (tertiary/aromatic N) is 1. The Bertz CT molecular complexity index is 961. The van der Waals surface area contributed by atoms with Crippen LogP contribution < -0.4 is 10.1 Å². The molecule has 0 bridgehead atoms. The minimum Gasteiger partial charge on any atom is -0.481 e. The molecule has 27 heavy (non-hydrogen) atoms. The number of hydrogen-bond donors (Lipinski definition) is 2. The smallest absolute Gasteiger partial charge is 0.341 e. The van der Waals surface area contributed by atoms with Crippen molar-refractivity contribution in [2.24, 2.45) is 0 Å². The summed E-state index contributed by atoms with van der Waals surface area (Å²) in [6.07, 6.45) is 1.45. The van der Waals surface area contributed by atoms with Crippen LogP contribution in [0.5, 0.6) is 5.75 Å². The molecule has 0 radical (unpaired) electrons. The molecular formula is C20H17BrN2O4. The summed E-state index contributed by atoms with van der Waals surface area (Å²) in [4.78, 5) is 23.0. The summed E-state index contributed by atoms with van der Waals surface area (Å²) < 4.78 is 5.64. The molecule has 138 valence electrons. The van der Waals surface area contributed by atoms with E-state index in [1.165, 1.54) is 6.08 Å². The van der Waals surface area contributed by atoms with Crippen LogP contribution in [0.1, 0.15) is 16.7 Å². The summed E-state index contributed by atoms with van der Waals surface area (Å²) in [6.45, 7) is 3.38. The number of rotatable bonds is 6. The lowest BCUT2D eigenvalue weighted by atomic mass is 10.1. The van der Waals surface area contributed by atoms with Crippen LogP contribution in [0.25, 0.3) is 6.08 Å². The van der Waals surface area contributed by atoms with Gasteiger partial charge < -0.3 is 15.2 Å². The molecule has 0 fully saturated rings. The molecule has 0 heterocycles. The third-order valence-electron chi connectivity index (χ3n) is 3.61. The van der Waals surface area contributed by atoms with Crippen LogP contribution in [0.4, 0.5) is 5.69 Å². The number of aliphatic carboxylic acids is 1. The third-order valence-corrected chi connectivity index (χ3v) is 4.23. The average Bonchev–Trinajstić information content (AvgIpc) is 2.61. The molecule has 0 atom stereocenters. The first kappa shape index (κ1) is 20.2. The fourth-order valence-corrected chi connectivity index (χ4v) is 2.83. The molecule has 2 N–H and O–H groups in total. The second-order valence-electron chi connectivity index (χ2n) is 5.81. The van der Waals surface area contributed by atoms with Crippen LogP contribution in [0.2, 0.25) is 0 Å². The second kappa shape index (κ2) is 9.01. The van der Waals surface area contributed by atoms with Crippen LogP contribution in [-0.4, -0.2) is 23.6 Å². The largest absolute Gasteiger partial charge is 0.481 e. The lowest BCUT2D eigenvalue weighted by Crippen LogP contribution is -2.14. The van der Waals surface area contributed by atoms with Gasteiger partial charge in [0.05, 0.1) is 4.47 Å². The zero-order valence-corrected chi connectivity index (χ0v) is 16.3. The number of amides is 1. The standard InChI is InChI=1S/C20H17BrN2O4/c1-12-3-5-17(13(2)7-12)23-20(26)15(10-22)8-14-4-6-18(16(21)9-14)27-11-19(24)25/h3-9H,11H2,1-2H3,(H,23,26)(H,24,25)/b15-8+. The molecule has 0 aliphatic carbocycles. The number of carboxylic acid groups (broad SMARTS) is 1. The molecule has 6 nitrogen and oxygen atoms in total. The molecule has 0 saturated carbocycles. The molecule has 2 rings (SSSR count). The zero-order chi connectivity index (χ0) is 20.0. The van der Waals surface area contributed by atoms with E-state index in [2.05, 4.69) is 21.2 Å². The number of nitriles is 1. The highest BCUT2D eigenvalue weighted by atomic mass is 79.9. The average molecular weight is 429 g/mol. The summed E-state index contributed by atoms with van der Waals surface area (Å²) in [5.41, 5.74) is 3.17. The zero-order valence-electron chi connectivity index (χ0n) is 14.7. The predicted molar refractivity (Wildman–Crippen MR) is 105 cm³/mol. The molecule has 0 aliphatic heterocycles. The fraction of sp³-hybridized carbons (Fsp3) is 0.150. The summed E-state index contributed by atoms with van der Waals surface area (Å²) in [7, 11) is 0. The second-order valence-corrected chi connectivity index (χ2v) is 6.67. The Morgan fingerprint density at radius 2 is 2.00 bits per heavy atom. The van der Waals surface area contributed by atoms with Gasteiger partial charge in [-0.25, -0.2) is 4.79 Å². The number of benzene rings is 2. The molecule has 2 aromatic rings. The van der Waals surface area contributed by atoms with Crippen molar-refractivity contribution >= 4 is 39.6 Å². The molecular weight excluding hydrogens is 412 g/mol. The van der Waals surface area contributed by atoms with E-state index in [1.807, 2.05) is 32.0 Å². The summed E-state index contributed by atoms with van der Waals surface area (Å²) in [5.74, 6) is -1.24. The number of nitrogens with one attached hydrogen (secondary N) is 1. The lowest BCUT2D eigenvalue weighted by Gasteiger charge is -2.09. The van der Waals surface area contributed by atoms with Crippen molar-refractivity contribution in [1.82, 2.24) is 0 Å². The predicted octanol–water partition coefficient (Wildman–Crippen LogP) is 4.08. The highest BCUT2D eigenvalue weighted by Crippen LogP contribution is 2.27. The van der Waals surface area contributed by atoms with Gasteiger partial charge in [0.2, 0.25) is 0 Å². The molecule has 2 aromatic carbocycles. The van der Waals surface area contributed by atoms with E-state index in [0.29, 0.717) is 21.5 Å². The van der Waals surface area contributed by atoms with Crippen molar-refractivity contribution in [2.45, 2.75) is 13.8 Å². The number of anilines is 1. The lowest BCUT2D eigenvalue weighted by molar-refractivity contribution is -0.139. The quantitative estimate of drug-likeness (QED) is 0.533. The van der Waals surface area contributed by atoms with Crippen LogP contribution in [-0.2, 0) is 9.59 Å². The first-order chi connectivity index (χ1) is 12.8. The SMILES string of the molecule is Cc1ccc(NC(=O)/C(C#N)=C/c2ccc(OCC(=O)O)c(Br)c2)c(C)c1. The van der Waals surface area contributed by atoms with Crippen molar-refractivity contribution in [3.63, 3.8) is 0 Å². The number of halogens is 1. The third kappa shape index (κ3) is 5.69. The Balaban J connectivity index is 2.19. The Morgan fingerprint density at radius 1 is 1.26 bits per heavy atom. The van der Waals surface area contributed by atoms with E-state index in [4.69, 9.17) is 9.84 Å². The van der Waals surface area contributed by atoms with Gasteiger partial charge in [-0.1, -0.05) is 23.8 Å². The maximum Gasteiger partial charge on any atom is 0.341 e. The number of carbonyl (C=O) groups is 2. The number of aryl methyl sites for hydroxylation is 2. The normalized spacial score (nSPS) is 10.8. The van der Waals surface area contributed by atoms with Crippen LogP contribution >= 0.6 is 15.9 Å². The summed E-state index contributed by atoms with van der Waals surface area (Å²) in [6, 6.07) is 12.3. The van der Waals surface area contributed by atoms with E-state index in [0.717, 1.165) is 11.1 Å². The molecule has 0 saturated heterocycles. The van der Waals surface area contributed by atoms with E-state index in [-0.39, 0.29) is 5.57 Å². The van der Waals surface area contributed by atoms with Crippen molar-refractivity contribution in [1.29, 1.82) is 5.26 Å². The van der Waals surface area contributed by atoms with Crippen LogP contribution in [0.15, 0.2) is 46.4 Å².